The number of hydrogen-bond acceptors (Lipinski definition) is 6. The molecular formula is C22H19ClN4O4. The molecule has 0 saturated carbocycles. The number of benzene rings is 2. The summed E-state index contributed by atoms with van der Waals surface area (Å²) >= 11 is 6.10. The lowest BCUT2D eigenvalue weighted by atomic mass is 10.1. The van der Waals surface area contributed by atoms with Crippen molar-refractivity contribution in [3.63, 3.8) is 0 Å². The molecule has 0 radical (unpaired) electrons. The van der Waals surface area contributed by atoms with Crippen LogP contribution in [0.4, 0.5) is 17.1 Å². The van der Waals surface area contributed by atoms with Crippen LogP contribution in [-0.4, -0.2) is 37.1 Å². The average Bonchev–Trinajstić information content (AvgIpc) is 2.77. The number of rotatable bonds is 6. The van der Waals surface area contributed by atoms with E-state index in [2.05, 4.69) is 10.2 Å². The topological polar surface area (TPSA) is 108 Å². The number of morpholine rings is 1. The van der Waals surface area contributed by atoms with Crippen LogP contribution >= 0.6 is 11.6 Å². The number of carbonyl (C=O) groups excluding carboxylic acids is 1. The van der Waals surface area contributed by atoms with Gasteiger partial charge in [0.15, 0.2) is 0 Å². The van der Waals surface area contributed by atoms with Crippen molar-refractivity contribution in [3.8, 4) is 6.07 Å². The molecule has 8 nitrogen and oxygen atoms in total. The van der Waals surface area contributed by atoms with Gasteiger partial charge in [0.25, 0.3) is 11.6 Å². The molecule has 158 valence electrons. The first-order chi connectivity index (χ1) is 15.0. The van der Waals surface area contributed by atoms with Crippen molar-refractivity contribution >= 4 is 40.6 Å². The lowest BCUT2D eigenvalue weighted by Gasteiger charge is -2.30. The van der Waals surface area contributed by atoms with Crippen LogP contribution < -0.4 is 10.2 Å². The van der Waals surface area contributed by atoms with Crippen LogP contribution in [0.2, 0.25) is 5.02 Å². The highest BCUT2D eigenvalue weighted by Gasteiger charge is 2.18. The number of nitrogens with zero attached hydrogens (tertiary/aromatic N) is 3. The number of allylic oxidation sites excluding steroid dienone is 2. The summed E-state index contributed by atoms with van der Waals surface area (Å²) < 4.78 is 5.37. The number of anilines is 2. The Balaban J connectivity index is 1.80. The van der Waals surface area contributed by atoms with Gasteiger partial charge in [0.05, 0.1) is 35.1 Å². The summed E-state index contributed by atoms with van der Waals surface area (Å²) in [6.45, 7) is 2.50. The van der Waals surface area contributed by atoms with Gasteiger partial charge in [-0.1, -0.05) is 29.8 Å². The molecule has 1 heterocycles. The minimum atomic E-state index is -0.605. The summed E-state index contributed by atoms with van der Waals surface area (Å²) in [5.74, 6) is -0.605. The van der Waals surface area contributed by atoms with Crippen LogP contribution in [0.3, 0.4) is 0 Å². The van der Waals surface area contributed by atoms with Crippen molar-refractivity contribution in [1.29, 1.82) is 5.26 Å². The molecule has 31 heavy (non-hydrogen) atoms. The molecule has 1 aliphatic rings. The Labute approximate surface area is 184 Å². The van der Waals surface area contributed by atoms with Gasteiger partial charge in [-0.15, -0.1) is 0 Å². The first-order valence-corrected chi connectivity index (χ1v) is 9.83. The molecule has 1 fully saturated rings. The molecule has 2 aromatic rings. The van der Waals surface area contributed by atoms with Crippen molar-refractivity contribution < 1.29 is 14.5 Å². The third kappa shape index (κ3) is 5.69. The molecule has 0 bridgehead atoms. The number of carbonyl (C=O) groups is 1. The molecule has 0 unspecified atom stereocenters. The van der Waals surface area contributed by atoms with Crippen LogP contribution in [0.25, 0.3) is 6.08 Å². The molecule has 3 rings (SSSR count). The summed E-state index contributed by atoms with van der Waals surface area (Å²) in [6, 6.07) is 13.2. The van der Waals surface area contributed by atoms with E-state index in [-0.39, 0.29) is 11.3 Å². The first kappa shape index (κ1) is 22.0. The summed E-state index contributed by atoms with van der Waals surface area (Å²) in [5, 5.41) is 23.7. The summed E-state index contributed by atoms with van der Waals surface area (Å²) in [5.41, 5.74) is 1.43. The second-order valence-corrected chi connectivity index (χ2v) is 7.02. The Morgan fingerprint density at radius 2 is 2.00 bits per heavy atom. The van der Waals surface area contributed by atoms with Crippen LogP contribution in [0.1, 0.15) is 5.56 Å². The molecule has 0 aliphatic carbocycles. The van der Waals surface area contributed by atoms with E-state index >= 15 is 0 Å². The number of ether oxygens (including phenoxy) is 1. The molecule has 0 aromatic heterocycles. The minimum Gasteiger partial charge on any atom is -0.378 e. The van der Waals surface area contributed by atoms with Gasteiger partial charge in [-0.2, -0.15) is 5.26 Å². The van der Waals surface area contributed by atoms with E-state index in [0.717, 1.165) is 5.69 Å². The standard InChI is InChI=1S/C22H19ClN4O4/c23-18-8-9-21(26-10-12-31-13-11-26)19(14-18)25-22(28)17(15-24)6-3-5-16-4-1-2-7-20(16)27(29)30/h1-9,14H,10-13H2,(H,25,28)/b5-3+,17-6+. The van der Waals surface area contributed by atoms with E-state index in [1.807, 2.05) is 12.1 Å². The van der Waals surface area contributed by atoms with E-state index in [1.54, 1.807) is 30.3 Å². The fourth-order valence-electron chi connectivity index (χ4n) is 3.08. The molecule has 1 N–H and O–H groups in total. The number of halogens is 1. The second-order valence-electron chi connectivity index (χ2n) is 6.58. The van der Waals surface area contributed by atoms with Gasteiger partial charge in [-0.25, -0.2) is 0 Å². The predicted molar refractivity (Wildman–Crippen MR) is 119 cm³/mol. The Morgan fingerprint density at radius 3 is 2.71 bits per heavy atom. The first-order valence-electron chi connectivity index (χ1n) is 9.45. The van der Waals surface area contributed by atoms with Crippen LogP contribution in [0, 0.1) is 21.4 Å². The third-order valence-electron chi connectivity index (χ3n) is 4.60. The van der Waals surface area contributed by atoms with Gasteiger partial charge in [0.1, 0.15) is 11.6 Å². The van der Waals surface area contributed by atoms with Crippen LogP contribution in [0.5, 0.6) is 0 Å². The Bertz CT molecular complexity index is 1090. The van der Waals surface area contributed by atoms with Gasteiger partial charge in [0, 0.05) is 24.2 Å². The van der Waals surface area contributed by atoms with Gasteiger partial charge >= 0.3 is 0 Å². The predicted octanol–water partition coefficient (Wildman–Crippen LogP) is 4.19. The quantitative estimate of drug-likeness (QED) is 0.238. The molecule has 9 heteroatoms. The zero-order chi connectivity index (χ0) is 22.2. The van der Waals surface area contributed by atoms with Gasteiger partial charge in [0.2, 0.25) is 0 Å². The Hall–Kier alpha value is -3.67. The maximum atomic E-state index is 12.7. The SMILES string of the molecule is N#C/C(=C\C=C\c1ccccc1[N+](=O)[O-])C(=O)Nc1cc(Cl)ccc1N1CCOCC1. The van der Waals surface area contributed by atoms with Crippen molar-refractivity contribution in [2.24, 2.45) is 0 Å². The summed E-state index contributed by atoms with van der Waals surface area (Å²) in [7, 11) is 0. The van der Waals surface area contributed by atoms with E-state index in [4.69, 9.17) is 16.3 Å². The second kappa shape index (κ2) is 10.4. The van der Waals surface area contributed by atoms with E-state index in [0.29, 0.717) is 42.6 Å². The number of nitro benzene ring substituents is 1. The van der Waals surface area contributed by atoms with Crippen molar-refractivity contribution in [2.45, 2.75) is 0 Å². The minimum absolute atomic E-state index is 0.0656. The largest absolute Gasteiger partial charge is 0.378 e. The maximum Gasteiger partial charge on any atom is 0.276 e. The monoisotopic (exact) mass is 438 g/mol. The van der Waals surface area contributed by atoms with Gasteiger partial charge in [-0.05, 0) is 36.4 Å². The lowest BCUT2D eigenvalue weighted by Crippen LogP contribution is -2.36. The van der Waals surface area contributed by atoms with Crippen LogP contribution in [0.15, 0.2) is 60.2 Å². The number of nitrogens with one attached hydrogen (secondary N) is 1. The fourth-order valence-corrected chi connectivity index (χ4v) is 3.26. The zero-order valence-electron chi connectivity index (χ0n) is 16.5. The molecule has 0 atom stereocenters. The van der Waals surface area contributed by atoms with Crippen molar-refractivity contribution in [2.75, 3.05) is 36.5 Å². The third-order valence-corrected chi connectivity index (χ3v) is 4.83. The number of nitriles is 1. The highest BCUT2D eigenvalue weighted by Crippen LogP contribution is 2.30. The number of hydrogen-bond donors (Lipinski definition) is 1. The number of amides is 1. The maximum absolute atomic E-state index is 12.7. The van der Waals surface area contributed by atoms with Gasteiger partial charge < -0.3 is 15.0 Å². The highest BCUT2D eigenvalue weighted by atomic mass is 35.5. The Morgan fingerprint density at radius 1 is 1.26 bits per heavy atom. The average molecular weight is 439 g/mol. The molecule has 1 aliphatic heterocycles. The van der Waals surface area contributed by atoms with E-state index in [9.17, 15) is 20.2 Å². The molecule has 1 saturated heterocycles. The van der Waals surface area contributed by atoms with Gasteiger partial charge in [-0.3, -0.25) is 14.9 Å². The fraction of sp³-hybridized carbons (Fsp3) is 0.182. The molecular weight excluding hydrogens is 420 g/mol. The normalized spacial score (nSPS) is 14.3. The number of nitro groups is 1. The smallest absolute Gasteiger partial charge is 0.276 e. The highest BCUT2D eigenvalue weighted by molar-refractivity contribution is 6.31. The molecule has 1 amide bonds. The lowest BCUT2D eigenvalue weighted by molar-refractivity contribution is -0.385. The molecule has 2 aromatic carbocycles. The number of para-hydroxylation sites is 1. The molecule has 0 spiro atoms. The van der Waals surface area contributed by atoms with Crippen molar-refractivity contribution in [3.05, 3.63) is 80.9 Å². The summed E-state index contributed by atoms with van der Waals surface area (Å²) in [6.07, 6.45) is 4.22. The van der Waals surface area contributed by atoms with Crippen molar-refractivity contribution in [1.82, 2.24) is 0 Å². The van der Waals surface area contributed by atoms with E-state index in [1.165, 1.54) is 24.3 Å². The Kier molecular flexibility index (Phi) is 7.38. The van der Waals surface area contributed by atoms with Crippen LogP contribution in [-0.2, 0) is 9.53 Å². The summed E-state index contributed by atoms with van der Waals surface area (Å²) in [4.78, 5) is 25.3. The van der Waals surface area contributed by atoms with E-state index < -0.39 is 10.8 Å². The zero-order valence-corrected chi connectivity index (χ0v) is 17.2.